The van der Waals surface area contributed by atoms with Gasteiger partial charge < -0.3 is 30.8 Å². The lowest BCUT2D eigenvalue weighted by Gasteiger charge is -2.21. The maximum Gasteiger partial charge on any atom is 0.351 e. The minimum absolute atomic E-state index is 0.157. The van der Waals surface area contributed by atoms with Crippen molar-refractivity contribution in [3.05, 3.63) is 41.1 Å². The van der Waals surface area contributed by atoms with Gasteiger partial charge in [0, 0.05) is 31.6 Å². The Hall–Kier alpha value is -3.33. The lowest BCUT2D eigenvalue weighted by Crippen LogP contribution is -2.41. The van der Waals surface area contributed by atoms with Crippen LogP contribution in [0, 0.1) is 0 Å². The highest BCUT2D eigenvalue weighted by molar-refractivity contribution is 5.89. The molecule has 0 radical (unpaired) electrons. The van der Waals surface area contributed by atoms with Gasteiger partial charge in [0.1, 0.15) is 11.7 Å². The maximum atomic E-state index is 11.2. The number of hydrogen-bond donors (Lipinski definition) is 6. The molecular weight excluding hydrogens is 356 g/mol. The van der Waals surface area contributed by atoms with E-state index >= 15 is 0 Å². The Balaban J connectivity index is 0.00000126. The number of aliphatic hydroxyl groups excluding tert-OH is 1. The summed E-state index contributed by atoms with van der Waals surface area (Å²) in [5, 5.41) is 46.9. The molecule has 9 heteroatoms. The summed E-state index contributed by atoms with van der Waals surface area (Å²) in [6, 6.07) is 1.98. The molecule has 0 aliphatic carbocycles. The van der Waals surface area contributed by atoms with Crippen molar-refractivity contribution in [1.29, 1.82) is 0 Å². The van der Waals surface area contributed by atoms with Gasteiger partial charge in [-0.2, -0.15) is 4.58 Å². The van der Waals surface area contributed by atoms with Gasteiger partial charge in [-0.05, 0) is 17.7 Å². The Morgan fingerprint density at radius 3 is 2.48 bits per heavy atom. The van der Waals surface area contributed by atoms with Gasteiger partial charge in [0.15, 0.2) is 24.3 Å². The van der Waals surface area contributed by atoms with E-state index in [-0.39, 0.29) is 23.6 Å². The highest BCUT2D eigenvalue weighted by atomic mass is 16.4. The van der Waals surface area contributed by atoms with Crippen LogP contribution >= 0.6 is 0 Å². The van der Waals surface area contributed by atoms with Crippen LogP contribution in [0.2, 0.25) is 0 Å². The quantitative estimate of drug-likeness (QED) is 0.326. The largest absolute Gasteiger partial charge is 0.504 e. The van der Waals surface area contributed by atoms with Crippen molar-refractivity contribution in [2.24, 2.45) is 0 Å². The first-order valence-corrected chi connectivity index (χ1v) is 8.09. The molecule has 1 aromatic rings. The van der Waals surface area contributed by atoms with Crippen molar-refractivity contribution in [2.75, 3.05) is 13.7 Å². The van der Waals surface area contributed by atoms with E-state index in [0.29, 0.717) is 18.5 Å². The number of allylic oxidation sites excluding steroid dienone is 2. The molecule has 0 aromatic heterocycles. The Morgan fingerprint density at radius 2 is 1.85 bits per heavy atom. The predicted octanol–water partition coefficient (Wildman–Crippen LogP) is 0.319. The molecule has 2 aliphatic heterocycles. The molecule has 0 bridgehead atoms. The number of aliphatic carboxylic acids is 2. The summed E-state index contributed by atoms with van der Waals surface area (Å²) in [6.07, 6.45) is 5.64. The fraction of sp³-hybridized carbons (Fsp3) is 0.278. The number of phenolic OH excluding ortho intramolecular Hbond substituents is 2. The third-order valence-electron chi connectivity index (χ3n) is 4.20. The van der Waals surface area contributed by atoms with E-state index < -0.39 is 18.0 Å². The molecule has 144 valence electrons. The van der Waals surface area contributed by atoms with E-state index in [1.54, 1.807) is 12.3 Å². The van der Waals surface area contributed by atoms with Crippen LogP contribution < -0.4 is 5.32 Å². The SMILES string of the molecule is CO.O=C(O)C1=C/C(=C/C=[N+]2CCc3cc(O)c(O)cc32)CC(C(=O)O)N1. The summed E-state index contributed by atoms with van der Waals surface area (Å²) in [5.74, 6) is -2.73. The summed E-state index contributed by atoms with van der Waals surface area (Å²) in [4.78, 5) is 22.3. The third-order valence-corrected chi connectivity index (χ3v) is 4.20. The van der Waals surface area contributed by atoms with Crippen LogP contribution in [0.25, 0.3) is 0 Å². The smallest absolute Gasteiger partial charge is 0.351 e. The Labute approximate surface area is 154 Å². The fourth-order valence-electron chi connectivity index (χ4n) is 2.93. The van der Waals surface area contributed by atoms with E-state index in [2.05, 4.69) is 5.32 Å². The lowest BCUT2D eigenvalue weighted by atomic mass is 10.00. The first-order chi connectivity index (χ1) is 12.8. The second kappa shape index (κ2) is 8.37. The van der Waals surface area contributed by atoms with Crippen molar-refractivity contribution in [3.63, 3.8) is 0 Å². The highest BCUT2D eigenvalue weighted by Gasteiger charge is 2.28. The van der Waals surface area contributed by atoms with Gasteiger partial charge in [0.25, 0.3) is 0 Å². The zero-order valence-corrected chi connectivity index (χ0v) is 14.6. The number of aromatic hydroxyl groups is 2. The number of carboxylic acid groups (broad SMARTS) is 2. The summed E-state index contributed by atoms with van der Waals surface area (Å²) < 4.78 is 1.85. The van der Waals surface area contributed by atoms with Gasteiger partial charge in [-0.1, -0.05) is 0 Å². The molecule has 1 unspecified atom stereocenters. The van der Waals surface area contributed by atoms with Gasteiger partial charge in [-0.3, -0.25) is 0 Å². The van der Waals surface area contributed by atoms with Crippen LogP contribution in [0.3, 0.4) is 0 Å². The average molecular weight is 377 g/mol. The normalized spacial score (nSPS) is 21.0. The minimum atomic E-state index is -1.22. The number of phenols is 2. The number of carboxylic acids is 2. The molecule has 2 aliphatic rings. The topological polar surface area (TPSA) is 150 Å². The van der Waals surface area contributed by atoms with Crippen molar-refractivity contribution >= 4 is 23.8 Å². The number of hydrogen-bond acceptors (Lipinski definition) is 6. The molecule has 0 spiro atoms. The first-order valence-electron chi connectivity index (χ1n) is 8.09. The molecule has 6 N–H and O–H groups in total. The number of nitrogens with one attached hydrogen (secondary N) is 1. The molecule has 9 nitrogen and oxygen atoms in total. The second-order valence-electron chi connectivity index (χ2n) is 5.91. The second-order valence-corrected chi connectivity index (χ2v) is 5.91. The molecular formula is C18H21N2O7+. The minimum Gasteiger partial charge on any atom is -0.504 e. The van der Waals surface area contributed by atoms with Crippen molar-refractivity contribution in [2.45, 2.75) is 18.9 Å². The van der Waals surface area contributed by atoms with Gasteiger partial charge >= 0.3 is 11.9 Å². The van der Waals surface area contributed by atoms with Crippen LogP contribution in [-0.4, -0.2) is 68.0 Å². The number of carbonyl (C=O) groups is 2. The molecule has 2 heterocycles. The van der Waals surface area contributed by atoms with Crippen LogP contribution in [0.15, 0.2) is 35.6 Å². The molecule has 0 saturated carbocycles. The summed E-state index contributed by atoms with van der Waals surface area (Å²) >= 11 is 0. The average Bonchev–Trinajstić information content (AvgIpc) is 3.03. The van der Waals surface area contributed by atoms with Crippen molar-refractivity contribution < 1.29 is 39.7 Å². The monoisotopic (exact) mass is 377 g/mol. The molecule has 0 saturated heterocycles. The number of benzene rings is 1. The highest BCUT2D eigenvalue weighted by Crippen LogP contribution is 2.36. The summed E-state index contributed by atoms with van der Waals surface area (Å²) in [6.45, 7) is 0.637. The number of fused-ring (bicyclic) bond motifs is 1. The van der Waals surface area contributed by atoms with E-state index in [4.69, 9.17) is 15.3 Å². The molecule has 0 amide bonds. The van der Waals surface area contributed by atoms with Gasteiger partial charge in [-0.25, -0.2) is 9.59 Å². The zero-order chi connectivity index (χ0) is 20.1. The van der Waals surface area contributed by atoms with Gasteiger partial charge in [-0.15, -0.1) is 0 Å². The Morgan fingerprint density at radius 1 is 1.19 bits per heavy atom. The maximum absolute atomic E-state index is 11.2. The van der Waals surface area contributed by atoms with E-state index in [1.807, 2.05) is 4.58 Å². The fourth-order valence-corrected chi connectivity index (χ4v) is 2.93. The molecule has 0 fully saturated rings. The van der Waals surface area contributed by atoms with E-state index in [9.17, 15) is 19.8 Å². The number of rotatable bonds is 3. The zero-order valence-electron chi connectivity index (χ0n) is 14.6. The molecule has 3 rings (SSSR count). The number of aliphatic hydroxyl groups is 1. The van der Waals surface area contributed by atoms with E-state index in [0.717, 1.165) is 18.4 Å². The third kappa shape index (κ3) is 4.45. The van der Waals surface area contributed by atoms with Gasteiger partial charge in [0.05, 0.1) is 6.07 Å². The molecule has 1 aromatic carbocycles. The standard InChI is InChI=1S/C17H16N2O6.CH4O/c20-14-7-10-2-4-19(13(10)8-15(14)21)3-1-9-5-11(16(22)23)18-12(6-9)17(24)25;1-2/h1,3,5,7-8,12H,2,4,6H2,(H4,20,21,22,23,24,25);2H,1H3/p+1. The summed E-state index contributed by atoms with van der Waals surface area (Å²) in [5.41, 5.74) is 2.04. The van der Waals surface area contributed by atoms with Crippen LogP contribution in [0.1, 0.15) is 12.0 Å². The molecule has 1 atom stereocenters. The van der Waals surface area contributed by atoms with Gasteiger partial charge in [0.2, 0.25) is 5.69 Å². The number of nitrogens with zero attached hydrogens (tertiary/aromatic N) is 1. The summed E-state index contributed by atoms with van der Waals surface area (Å²) in [7, 11) is 1.00. The molecule has 27 heavy (non-hydrogen) atoms. The van der Waals surface area contributed by atoms with Crippen LogP contribution in [0.5, 0.6) is 11.5 Å². The lowest BCUT2D eigenvalue weighted by molar-refractivity contribution is -0.423. The van der Waals surface area contributed by atoms with Crippen LogP contribution in [-0.2, 0) is 16.0 Å². The van der Waals surface area contributed by atoms with Crippen molar-refractivity contribution in [1.82, 2.24) is 5.32 Å². The predicted molar refractivity (Wildman–Crippen MR) is 95.4 cm³/mol. The van der Waals surface area contributed by atoms with Crippen molar-refractivity contribution in [3.8, 4) is 11.5 Å². The Kier molecular flexibility index (Phi) is 6.19. The van der Waals surface area contributed by atoms with E-state index in [1.165, 1.54) is 18.2 Å². The van der Waals surface area contributed by atoms with Crippen LogP contribution in [0.4, 0.5) is 5.69 Å². The Bertz CT molecular complexity index is 856. The first kappa shape index (κ1) is 20.0.